The molecule has 0 radical (unpaired) electrons. The molecular weight excluding hydrogens is 258 g/mol. The topological polar surface area (TPSA) is 96.0 Å². The Morgan fingerprint density at radius 1 is 1.05 bits per heavy atom. The number of benzene rings is 1. The van der Waals surface area contributed by atoms with E-state index in [9.17, 15) is 0 Å². The van der Waals surface area contributed by atoms with Crippen LogP contribution < -0.4 is 15.2 Å². The fourth-order valence-electron chi connectivity index (χ4n) is 1.70. The third kappa shape index (κ3) is 2.41. The molecule has 0 aliphatic rings. The molecule has 2 aromatic heterocycles. The first-order valence-corrected chi connectivity index (χ1v) is 5.83. The second-order valence-corrected chi connectivity index (χ2v) is 3.92. The summed E-state index contributed by atoms with van der Waals surface area (Å²) in [6, 6.07) is 9.52. The molecule has 0 spiro atoms. The molecule has 1 aromatic carbocycles. The van der Waals surface area contributed by atoms with Crippen molar-refractivity contribution in [3.8, 4) is 17.8 Å². The molecule has 0 saturated heterocycles. The minimum absolute atomic E-state index is 0.0331. The Morgan fingerprint density at radius 3 is 2.75 bits per heavy atom. The predicted octanol–water partition coefficient (Wildman–Crippen LogP) is 1.80. The lowest BCUT2D eigenvalue weighted by atomic mass is 10.2. The minimum Gasteiger partial charge on any atom is -0.467 e. The predicted molar refractivity (Wildman–Crippen MR) is 72.6 cm³/mol. The molecule has 7 heteroatoms. The molecule has 0 unspecified atom stereocenters. The number of anilines is 1. The SMILES string of the molecule is COc1nc(N)nc(Oc2ccc3cccnc3c2)n1. The largest absolute Gasteiger partial charge is 0.467 e. The fraction of sp³-hybridized carbons (Fsp3) is 0.0769. The summed E-state index contributed by atoms with van der Waals surface area (Å²) >= 11 is 0. The summed E-state index contributed by atoms with van der Waals surface area (Å²) in [5, 5.41) is 1.02. The first-order valence-electron chi connectivity index (χ1n) is 5.83. The third-order valence-corrected chi connectivity index (χ3v) is 2.58. The standard InChI is InChI=1S/C13H11N5O2/c1-19-12-16-11(14)17-13(18-12)20-9-5-4-8-3-2-6-15-10(8)7-9/h2-7H,1H3,(H2,14,16,17,18). The number of ether oxygens (including phenoxy) is 2. The molecule has 0 aliphatic heterocycles. The van der Waals surface area contributed by atoms with Crippen LogP contribution in [0.15, 0.2) is 36.5 Å². The normalized spacial score (nSPS) is 10.4. The fourth-order valence-corrected chi connectivity index (χ4v) is 1.70. The minimum atomic E-state index is 0.0331. The zero-order valence-electron chi connectivity index (χ0n) is 10.6. The Hall–Kier alpha value is -2.96. The number of fused-ring (bicyclic) bond motifs is 1. The van der Waals surface area contributed by atoms with Crippen LogP contribution in [0.2, 0.25) is 0 Å². The number of nitrogen functional groups attached to an aromatic ring is 1. The van der Waals surface area contributed by atoms with Gasteiger partial charge in [-0.25, -0.2) is 0 Å². The monoisotopic (exact) mass is 269 g/mol. The lowest BCUT2D eigenvalue weighted by molar-refractivity contribution is 0.360. The Morgan fingerprint density at radius 2 is 1.90 bits per heavy atom. The van der Waals surface area contributed by atoms with Crippen LogP contribution in [0, 0.1) is 0 Å². The Balaban J connectivity index is 1.94. The van der Waals surface area contributed by atoms with E-state index in [1.807, 2.05) is 18.2 Å². The highest BCUT2D eigenvalue weighted by atomic mass is 16.5. The van der Waals surface area contributed by atoms with Crippen molar-refractivity contribution in [1.29, 1.82) is 0 Å². The summed E-state index contributed by atoms with van der Waals surface area (Å²) in [5.41, 5.74) is 6.36. The van der Waals surface area contributed by atoms with Crippen LogP contribution >= 0.6 is 0 Å². The highest BCUT2D eigenvalue weighted by Gasteiger charge is 2.07. The lowest BCUT2D eigenvalue weighted by Crippen LogP contribution is -2.02. The number of methoxy groups -OCH3 is 1. The second kappa shape index (κ2) is 4.96. The molecule has 0 amide bonds. The van der Waals surface area contributed by atoms with Gasteiger partial charge in [-0.3, -0.25) is 4.98 Å². The number of nitrogens with zero attached hydrogens (tertiary/aromatic N) is 4. The molecule has 100 valence electrons. The maximum atomic E-state index is 5.55. The summed E-state index contributed by atoms with van der Waals surface area (Å²) in [6.07, 6.45) is 1.72. The number of nitrogens with two attached hydrogens (primary N) is 1. The van der Waals surface area contributed by atoms with Crippen LogP contribution in [0.3, 0.4) is 0 Å². The van der Waals surface area contributed by atoms with Gasteiger partial charge >= 0.3 is 12.0 Å². The van der Waals surface area contributed by atoms with Crippen LogP contribution in [0.4, 0.5) is 5.95 Å². The van der Waals surface area contributed by atoms with Crippen molar-refractivity contribution in [1.82, 2.24) is 19.9 Å². The number of hydrogen-bond donors (Lipinski definition) is 1. The van der Waals surface area contributed by atoms with E-state index in [4.69, 9.17) is 15.2 Å². The van der Waals surface area contributed by atoms with E-state index in [1.54, 1.807) is 18.3 Å². The molecular formula is C13H11N5O2. The first kappa shape index (κ1) is 12.1. The van der Waals surface area contributed by atoms with Crippen LogP contribution in [0.25, 0.3) is 10.9 Å². The summed E-state index contributed by atoms with van der Waals surface area (Å²) in [7, 11) is 1.44. The summed E-state index contributed by atoms with van der Waals surface area (Å²) in [5.74, 6) is 0.592. The maximum Gasteiger partial charge on any atom is 0.330 e. The molecule has 3 rings (SSSR count). The van der Waals surface area contributed by atoms with E-state index >= 15 is 0 Å². The van der Waals surface area contributed by atoms with Crippen molar-refractivity contribution in [3.63, 3.8) is 0 Å². The van der Waals surface area contributed by atoms with Crippen molar-refractivity contribution in [2.75, 3.05) is 12.8 Å². The number of aromatic nitrogens is 4. The molecule has 0 atom stereocenters. The van der Waals surface area contributed by atoms with Gasteiger partial charge in [0.15, 0.2) is 0 Å². The number of hydrogen-bond acceptors (Lipinski definition) is 7. The molecule has 2 N–H and O–H groups in total. The Labute approximate surface area is 114 Å². The van der Waals surface area contributed by atoms with E-state index < -0.39 is 0 Å². The highest BCUT2D eigenvalue weighted by molar-refractivity contribution is 5.79. The van der Waals surface area contributed by atoms with Crippen molar-refractivity contribution in [2.45, 2.75) is 0 Å². The van der Waals surface area contributed by atoms with Gasteiger partial charge in [0.25, 0.3) is 0 Å². The molecule has 0 saturated carbocycles. The van der Waals surface area contributed by atoms with Crippen LogP contribution in [0.5, 0.6) is 17.8 Å². The van der Waals surface area contributed by atoms with Crippen molar-refractivity contribution in [2.24, 2.45) is 0 Å². The Kier molecular flexibility index (Phi) is 3.00. The number of rotatable bonds is 3. The zero-order chi connectivity index (χ0) is 13.9. The average Bonchev–Trinajstić information content (AvgIpc) is 2.46. The van der Waals surface area contributed by atoms with Gasteiger partial charge in [-0.1, -0.05) is 6.07 Å². The molecule has 7 nitrogen and oxygen atoms in total. The average molecular weight is 269 g/mol. The lowest BCUT2D eigenvalue weighted by Gasteiger charge is -2.06. The van der Waals surface area contributed by atoms with Crippen LogP contribution in [-0.4, -0.2) is 27.0 Å². The van der Waals surface area contributed by atoms with Gasteiger partial charge in [-0.15, -0.1) is 4.98 Å². The highest BCUT2D eigenvalue weighted by Crippen LogP contribution is 2.23. The van der Waals surface area contributed by atoms with Gasteiger partial charge in [0.2, 0.25) is 5.95 Å². The van der Waals surface area contributed by atoms with Gasteiger partial charge in [-0.2, -0.15) is 9.97 Å². The van der Waals surface area contributed by atoms with Gasteiger partial charge in [0.1, 0.15) is 5.75 Å². The van der Waals surface area contributed by atoms with Gasteiger partial charge < -0.3 is 15.2 Å². The van der Waals surface area contributed by atoms with E-state index in [0.717, 1.165) is 10.9 Å². The van der Waals surface area contributed by atoms with E-state index in [-0.39, 0.29) is 18.0 Å². The van der Waals surface area contributed by atoms with Crippen LogP contribution in [-0.2, 0) is 0 Å². The van der Waals surface area contributed by atoms with E-state index in [2.05, 4.69) is 19.9 Å². The summed E-state index contributed by atoms with van der Waals surface area (Å²) < 4.78 is 10.5. The van der Waals surface area contributed by atoms with E-state index in [0.29, 0.717) is 5.75 Å². The first-order chi connectivity index (χ1) is 9.74. The molecule has 20 heavy (non-hydrogen) atoms. The van der Waals surface area contributed by atoms with E-state index in [1.165, 1.54) is 7.11 Å². The molecule has 3 aromatic rings. The van der Waals surface area contributed by atoms with Crippen molar-refractivity contribution < 1.29 is 9.47 Å². The molecule has 0 bridgehead atoms. The van der Waals surface area contributed by atoms with Crippen molar-refractivity contribution in [3.05, 3.63) is 36.5 Å². The molecule has 0 aliphatic carbocycles. The van der Waals surface area contributed by atoms with Crippen molar-refractivity contribution >= 4 is 16.9 Å². The Bertz CT molecular complexity index is 763. The molecule has 0 fully saturated rings. The van der Waals surface area contributed by atoms with Gasteiger partial charge in [-0.05, 0) is 18.2 Å². The van der Waals surface area contributed by atoms with Crippen LogP contribution in [0.1, 0.15) is 0 Å². The maximum absolute atomic E-state index is 5.55. The molecule has 2 heterocycles. The second-order valence-electron chi connectivity index (χ2n) is 3.92. The zero-order valence-corrected chi connectivity index (χ0v) is 10.6. The third-order valence-electron chi connectivity index (χ3n) is 2.58. The number of pyridine rings is 1. The smallest absolute Gasteiger partial charge is 0.330 e. The van der Waals surface area contributed by atoms with Gasteiger partial charge in [0, 0.05) is 17.6 Å². The summed E-state index contributed by atoms with van der Waals surface area (Å²) in [4.78, 5) is 15.9. The van der Waals surface area contributed by atoms with Gasteiger partial charge in [0.05, 0.1) is 12.6 Å². The quantitative estimate of drug-likeness (QED) is 0.774. The summed E-state index contributed by atoms with van der Waals surface area (Å²) in [6.45, 7) is 0.